The van der Waals surface area contributed by atoms with Crippen LogP contribution in [-0.4, -0.2) is 29.2 Å². The third kappa shape index (κ3) is 4.75. The summed E-state index contributed by atoms with van der Waals surface area (Å²) in [7, 11) is 0. The number of nitrogens with one attached hydrogen (secondary N) is 1. The van der Waals surface area contributed by atoms with Gasteiger partial charge in [0.1, 0.15) is 6.61 Å². The number of ether oxygens (including phenoxy) is 1. The van der Waals surface area contributed by atoms with E-state index in [0.717, 1.165) is 0 Å². The van der Waals surface area contributed by atoms with Crippen molar-refractivity contribution >= 4 is 15.9 Å². The van der Waals surface area contributed by atoms with E-state index in [9.17, 15) is 13.2 Å². The Labute approximate surface area is 117 Å². The number of aromatic nitrogens is 2. The third-order valence-electron chi connectivity index (χ3n) is 2.36. The monoisotopic (exact) mass is 344 g/mol. The van der Waals surface area contributed by atoms with Crippen LogP contribution in [0.3, 0.4) is 0 Å². The molecule has 1 rings (SSSR count). The van der Waals surface area contributed by atoms with Crippen LogP contribution in [0, 0.1) is 0 Å². The molecule has 0 aliphatic heterocycles. The molecule has 1 aromatic rings. The van der Waals surface area contributed by atoms with Crippen molar-refractivity contribution in [1.82, 2.24) is 15.2 Å². The highest BCUT2D eigenvalue weighted by molar-refractivity contribution is 9.10. The van der Waals surface area contributed by atoms with Crippen LogP contribution >= 0.6 is 15.9 Å². The van der Waals surface area contributed by atoms with Gasteiger partial charge in [-0.1, -0.05) is 0 Å². The van der Waals surface area contributed by atoms with Crippen LogP contribution in [-0.2, 0) is 4.74 Å². The molecule has 0 radical (unpaired) electrons. The summed E-state index contributed by atoms with van der Waals surface area (Å²) in [6.45, 7) is 2.31. The van der Waals surface area contributed by atoms with E-state index in [2.05, 4.69) is 31.2 Å². The second-order valence-corrected chi connectivity index (χ2v) is 5.12. The van der Waals surface area contributed by atoms with Gasteiger partial charge in [0, 0.05) is 6.04 Å². The fourth-order valence-electron chi connectivity index (χ4n) is 1.59. The van der Waals surface area contributed by atoms with Gasteiger partial charge in [-0.15, -0.1) is 0 Å². The molecule has 0 aromatic carbocycles. The Kier molecular flexibility index (Phi) is 5.78. The summed E-state index contributed by atoms with van der Waals surface area (Å²) < 4.78 is 43.1. The zero-order valence-electron chi connectivity index (χ0n) is 10.5. The predicted octanol–water partition coefficient (Wildman–Crippen LogP) is 2.31. The molecule has 0 saturated heterocycles. The fourth-order valence-corrected chi connectivity index (χ4v) is 2.14. The molecule has 19 heavy (non-hydrogen) atoms. The second-order valence-electron chi connectivity index (χ2n) is 4.27. The Morgan fingerprint density at radius 3 is 2.63 bits per heavy atom. The summed E-state index contributed by atoms with van der Waals surface area (Å²) in [5, 5.41) is 4.14. The van der Waals surface area contributed by atoms with Gasteiger partial charge in [0.25, 0.3) is 0 Å². The van der Waals surface area contributed by atoms with E-state index in [1.165, 1.54) is 0 Å². The molecule has 1 heterocycles. The Morgan fingerprint density at radius 1 is 1.53 bits per heavy atom. The molecule has 0 aliphatic carbocycles. The van der Waals surface area contributed by atoms with Crippen molar-refractivity contribution in [2.75, 3.05) is 13.2 Å². The summed E-state index contributed by atoms with van der Waals surface area (Å²) >= 11 is 3.30. The van der Waals surface area contributed by atoms with Crippen molar-refractivity contribution < 1.29 is 17.9 Å². The number of hydrazine groups is 1. The van der Waals surface area contributed by atoms with E-state index in [1.54, 1.807) is 10.9 Å². The van der Waals surface area contributed by atoms with Gasteiger partial charge in [0.15, 0.2) is 0 Å². The number of nitrogens with two attached hydrogens (primary N) is 1. The molecule has 0 aliphatic rings. The highest BCUT2D eigenvalue weighted by atomic mass is 79.9. The maximum absolute atomic E-state index is 12.0. The van der Waals surface area contributed by atoms with Gasteiger partial charge in [-0.2, -0.15) is 18.3 Å². The first-order valence-corrected chi connectivity index (χ1v) is 6.39. The van der Waals surface area contributed by atoms with Crippen molar-refractivity contribution in [2.45, 2.75) is 32.1 Å². The van der Waals surface area contributed by atoms with Gasteiger partial charge in [-0.3, -0.25) is 10.5 Å². The first kappa shape index (κ1) is 16.4. The van der Waals surface area contributed by atoms with Crippen LogP contribution in [0.2, 0.25) is 0 Å². The van der Waals surface area contributed by atoms with Gasteiger partial charge in [-0.05, 0) is 29.8 Å². The van der Waals surface area contributed by atoms with E-state index in [0.29, 0.717) is 10.2 Å². The standard InChI is InChI=1S/C10H16BrF3N4O/c1-6(2)18-9(7(11)3-16-18)8(17-15)4-19-5-10(12,13)14/h3,6,8,17H,4-5,15H2,1-2H3. The lowest BCUT2D eigenvalue weighted by Crippen LogP contribution is -2.34. The largest absolute Gasteiger partial charge is 0.411 e. The molecule has 5 nitrogen and oxygen atoms in total. The molecule has 0 fully saturated rings. The molecule has 1 atom stereocenters. The van der Waals surface area contributed by atoms with Crippen molar-refractivity contribution in [3.05, 3.63) is 16.4 Å². The molecular weight excluding hydrogens is 329 g/mol. The molecule has 110 valence electrons. The van der Waals surface area contributed by atoms with Crippen molar-refractivity contribution in [1.29, 1.82) is 0 Å². The zero-order valence-corrected chi connectivity index (χ0v) is 12.1. The number of halogens is 4. The van der Waals surface area contributed by atoms with Crippen LogP contribution in [0.15, 0.2) is 10.7 Å². The Bertz CT molecular complexity index is 408. The van der Waals surface area contributed by atoms with Crippen molar-refractivity contribution in [3.63, 3.8) is 0 Å². The molecule has 0 amide bonds. The smallest absolute Gasteiger partial charge is 0.370 e. The molecule has 9 heteroatoms. The summed E-state index contributed by atoms with van der Waals surface area (Å²) in [6, 6.07) is -0.526. The first-order chi connectivity index (χ1) is 8.76. The van der Waals surface area contributed by atoms with Gasteiger partial charge >= 0.3 is 6.18 Å². The minimum Gasteiger partial charge on any atom is -0.370 e. The quantitative estimate of drug-likeness (QED) is 0.614. The van der Waals surface area contributed by atoms with Crippen molar-refractivity contribution in [3.8, 4) is 0 Å². The van der Waals surface area contributed by atoms with Crippen LogP contribution < -0.4 is 11.3 Å². The lowest BCUT2D eigenvalue weighted by molar-refractivity contribution is -0.175. The minimum absolute atomic E-state index is 0.0553. The van der Waals surface area contributed by atoms with Crippen LogP contribution in [0.1, 0.15) is 31.6 Å². The maximum atomic E-state index is 12.0. The average Bonchev–Trinajstić information content (AvgIpc) is 2.65. The van der Waals surface area contributed by atoms with E-state index in [4.69, 9.17) is 5.84 Å². The highest BCUT2D eigenvalue weighted by Gasteiger charge is 2.29. The van der Waals surface area contributed by atoms with Crippen LogP contribution in [0.5, 0.6) is 0 Å². The molecule has 0 saturated carbocycles. The highest BCUT2D eigenvalue weighted by Crippen LogP contribution is 2.26. The number of nitrogens with zero attached hydrogens (tertiary/aromatic N) is 2. The van der Waals surface area contributed by atoms with Gasteiger partial charge in [-0.25, -0.2) is 5.43 Å². The predicted molar refractivity (Wildman–Crippen MR) is 67.3 cm³/mol. The zero-order chi connectivity index (χ0) is 14.6. The maximum Gasteiger partial charge on any atom is 0.411 e. The van der Waals surface area contributed by atoms with Crippen LogP contribution in [0.4, 0.5) is 13.2 Å². The minimum atomic E-state index is -4.35. The van der Waals surface area contributed by atoms with Gasteiger partial charge in [0.05, 0.1) is 29.0 Å². The van der Waals surface area contributed by atoms with Crippen LogP contribution in [0.25, 0.3) is 0 Å². The molecule has 3 N–H and O–H groups in total. The number of alkyl halides is 3. The summed E-state index contributed by atoms with van der Waals surface area (Å²) in [4.78, 5) is 0. The second kappa shape index (κ2) is 6.69. The molecule has 1 unspecified atom stereocenters. The topological polar surface area (TPSA) is 65.1 Å². The Balaban J connectivity index is 2.77. The number of hydrogen-bond acceptors (Lipinski definition) is 4. The first-order valence-electron chi connectivity index (χ1n) is 5.59. The van der Waals surface area contributed by atoms with Gasteiger partial charge in [0.2, 0.25) is 0 Å². The van der Waals surface area contributed by atoms with Gasteiger partial charge < -0.3 is 4.74 Å². The molecular formula is C10H16BrF3N4O. The third-order valence-corrected chi connectivity index (χ3v) is 2.97. The lowest BCUT2D eigenvalue weighted by Gasteiger charge is -2.20. The normalized spacial score (nSPS) is 14.1. The molecule has 0 bridgehead atoms. The van der Waals surface area contributed by atoms with Crippen molar-refractivity contribution in [2.24, 2.45) is 5.84 Å². The summed E-state index contributed by atoms with van der Waals surface area (Å²) in [6.07, 6.45) is -2.78. The number of hydrogen-bond donors (Lipinski definition) is 2. The fraction of sp³-hybridized carbons (Fsp3) is 0.700. The van der Waals surface area contributed by atoms with E-state index >= 15 is 0 Å². The average molecular weight is 345 g/mol. The molecule has 1 aromatic heterocycles. The summed E-state index contributed by atoms with van der Waals surface area (Å²) in [5.74, 6) is 5.38. The Morgan fingerprint density at radius 2 is 2.16 bits per heavy atom. The van der Waals surface area contributed by atoms with E-state index < -0.39 is 18.8 Å². The number of rotatable bonds is 6. The van der Waals surface area contributed by atoms with E-state index in [-0.39, 0.29) is 12.6 Å². The SMILES string of the molecule is CC(C)n1ncc(Br)c1C(COCC(F)(F)F)NN. The Hall–Kier alpha value is -0.640. The van der Waals surface area contributed by atoms with E-state index in [1.807, 2.05) is 13.8 Å². The molecule has 0 spiro atoms. The lowest BCUT2D eigenvalue weighted by atomic mass is 10.2. The summed E-state index contributed by atoms with van der Waals surface area (Å²) in [5.41, 5.74) is 3.10.